The highest BCUT2D eigenvalue weighted by Gasteiger charge is 2.23. The van der Waals surface area contributed by atoms with E-state index in [2.05, 4.69) is 4.98 Å². The predicted molar refractivity (Wildman–Crippen MR) is 54.9 cm³/mol. The maximum atomic E-state index is 11.0. The summed E-state index contributed by atoms with van der Waals surface area (Å²) in [5.41, 5.74) is 0.879. The Bertz CT molecular complexity index is 574. The minimum absolute atomic E-state index is 0.158. The van der Waals surface area contributed by atoms with Crippen molar-refractivity contribution in [3.05, 3.63) is 42.0 Å². The van der Waals surface area contributed by atoms with E-state index >= 15 is 0 Å². The van der Waals surface area contributed by atoms with Gasteiger partial charge in [-0.05, 0) is 12.1 Å². The summed E-state index contributed by atoms with van der Waals surface area (Å²) in [5, 5.41) is 9.05. The van der Waals surface area contributed by atoms with E-state index in [1.807, 2.05) is 24.3 Å². The van der Waals surface area contributed by atoms with E-state index in [0.717, 1.165) is 5.69 Å². The monoisotopic (exact) mass is 216 g/mol. The van der Waals surface area contributed by atoms with Crippen LogP contribution in [-0.4, -0.2) is 20.6 Å². The molecule has 1 aliphatic rings. The fourth-order valence-electron chi connectivity index (χ4n) is 1.82. The van der Waals surface area contributed by atoms with Gasteiger partial charge in [0.05, 0.1) is 11.9 Å². The Hall–Kier alpha value is -2.30. The van der Waals surface area contributed by atoms with Crippen LogP contribution in [0, 0.1) is 0 Å². The Morgan fingerprint density at radius 2 is 2.25 bits per heavy atom. The minimum atomic E-state index is -0.990. The van der Waals surface area contributed by atoms with Crippen molar-refractivity contribution in [1.82, 2.24) is 9.55 Å². The molecule has 2 aromatic rings. The lowest BCUT2D eigenvalue weighted by Gasteiger charge is -2.19. The number of nitrogens with zero attached hydrogens (tertiary/aromatic N) is 2. The number of carboxylic acid groups (broad SMARTS) is 1. The Balaban J connectivity index is 2.29. The van der Waals surface area contributed by atoms with Crippen molar-refractivity contribution in [3.8, 4) is 11.4 Å². The van der Waals surface area contributed by atoms with Crippen LogP contribution in [0.5, 0.6) is 5.75 Å². The number of imidazole rings is 1. The Labute approximate surface area is 90.9 Å². The molecule has 0 bridgehead atoms. The van der Waals surface area contributed by atoms with Crippen LogP contribution in [0.4, 0.5) is 0 Å². The van der Waals surface area contributed by atoms with Gasteiger partial charge in [0.25, 0.3) is 0 Å². The van der Waals surface area contributed by atoms with Gasteiger partial charge in [-0.2, -0.15) is 0 Å². The molecule has 16 heavy (non-hydrogen) atoms. The van der Waals surface area contributed by atoms with Gasteiger partial charge in [0.15, 0.2) is 11.5 Å². The van der Waals surface area contributed by atoms with Gasteiger partial charge in [-0.15, -0.1) is 0 Å². The summed E-state index contributed by atoms with van der Waals surface area (Å²) in [6, 6.07) is 7.31. The highest BCUT2D eigenvalue weighted by Crippen LogP contribution is 2.30. The topological polar surface area (TPSA) is 64.3 Å². The van der Waals surface area contributed by atoms with Gasteiger partial charge in [-0.25, -0.2) is 9.78 Å². The van der Waals surface area contributed by atoms with E-state index in [4.69, 9.17) is 9.84 Å². The summed E-state index contributed by atoms with van der Waals surface area (Å²) in [6.07, 6.45) is 1.35. The Morgan fingerprint density at radius 1 is 1.44 bits per heavy atom. The van der Waals surface area contributed by atoms with E-state index < -0.39 is 5.97 Å². The van der Waals surface area contributed by atoms with Gasteiger partial charge < -0.3 is 9.84 Å². The van der Waals surface area contributed by atoms with Crippen molar-refractivity contribution in [2.45, 2.75) is 6.61 Å². The molecule has 0 saturated heterocycles. The van der Waals surface area contributed by atoms with Crippen LogP contribution in [0.1, 0.15) is 16.3 Å². The fraction of sp³-hybridized carbons (Fsp3) is 0.0909. The van der Waals surface area contributed by atoms with Crippen molar-refractivity contribution in [2.24, 2.45) is 0 Å². The van der Waals surface area contributed by atoms with Gasteiger partial charge >= 0.3 is 5.97 Å². The first-order valence-corrected chi connectivity index (χ1v) is 4.79. The van der Waals surface area contributed by atoms with Crippen LogP contribution in [0.15, 0.2) is 30.5 Å². The van der Waals surface area contributed by atoms with Gasteiger partial charge in [0.2, 0.25) is 0 Å². The lowest BCUT2D eigenvalue weighted by atomic mass is 10.2. The highest BCUT2D eigenvalue weighted by molar-refractivity contribution is 5.86. The molecule has 0 radical (unpaired) electrons. The van der Waals surface area contributed by atoms with E-state index in [0.29, 0.717) is 18.2 Å². The fourth-order valence-corrected chi connectivity index (χ4v) is 1.82. The van der Waals surface area contributed by atoms with Gasteiger partial charge in [-0.1, -0.05) is 12.1 Å². The van der Waals surface area contributed by atoms with E-state index in [-0.39, 0.29) is 5.69 Å². The number of aromatic nitrogens is 2. The van der Waals surface area contributed by atoms with Crippen LogP contribution in [0.3, 0.4) is 0 Å². The third kappa shape index (κ3) is 1.11. The van der Waals surface area contributed by atoms with Gasteiger partial charge in [0.1, 0.15) is 12.4 Å². The van der Waals surface area contributed by atoms with Crippen molar-refractivity contribution in [1.29, 1.82) is 0 Å². The summed E-state index contributed by atoms with van der Waals surface area (Å²) < 4.78 is 7.08. The zero-order valence-electron chi connectivity index (χ0n) is 8.25. The lowest BCUT2D eigenvalue weighted by molar-refractivity contribution is 0.0687. The smallest absolute Gasteiger partial charge is 0.354 e. The molecule has 0 amide bonds. The molecule has 1 aromatic carbocycles. The number of hydrogen-bond donors (Lipinski definition) is 1. The van der Waals surface area contributed by atoms with E-state index in [1.54, 1.807) is 4.57 Å². The molecule has 0 saturated carbocycles. The number of rotatable bonds is 1. The molecule has 5 nitrogen and oxygen atoms in total. The summed E-state index contributed by atoms with van der Waals surface area (Å²) in [5.74, 6) is 0.294. The first-order chi connectivity index (χ1) is 7.77. The number of carbonyl (C=O) groups is 1. The molecule has 0 unspecified atom stereocenters. The lowest BCUT2D eigenvalue weighted by Crippen LogP contribution is -2.16. The largest absolute Gasteiger partial charge is 0.483 e. The molecule has 0 fully saturated rings. The van der Waals surface area contributed by atoms with Crippen LogP contribution in [-0.2, 0) is 6.61 Å². The number of carboxylic acids is 1. The molecule has 80 valence electrons. The zero-order valence-corrected chi connectivity index (χ0v) is 8.25. The van der Waals surface area contributed by atoms with Crippen molar-refractivity contribution >= 4 is 5.97 Å². The summed E-state index contributed by atoms with van der Waals surface area (Å²) in [6.45, 7) is 0.296. The molecule has 2 heterocycles. The first kappa shape index (κ1) is 8.96. The number of ether oxygens (including phenoxy) is 1. The second-order valence-corrected chi connectivity index (χ2v) is 3.46. The average molecular weight is 216 g/mol. The SMILES string of the molecule is O=C(O)c1cnc2n1-c1ccccc1OC2. The normalized spacial score (nSPS) is 12.5. The molecule has 0 spiro atoms. The highest BCUT2D eigenvalue weighted by atomic mass is 16.5. The number of aromatic carboxylic acids is 1. The number of hydrogen-bond acceptors (Lipinski definition) is 3. The third-order valence-electron chi connectivity index (χ3n) is 2.52. The third-order valence-corrected chi connectivity index (χ3v) is 2.52. The standard InChI is InChI=1S/C11H8N2O3/c14-11(15)8-5-12-10-6-16-9-4-2-1-3-7(9)13(8)10/h1-5H,6H2,(H,14,15). The molecule has 5 heteroatoms. The van der Waals surface area contributed by atoms with E-state index in [9.17, 15) is 4.79 Å². The molecular formula is C11H8N2O3. The Morgan fingerprint density at radius 3 is 3.06 bits per heavy atom. The van der Waals surface area contributed by atoms with Crippen molar-refractivity contribution in [3.63, 3.8) is 0 Å². The molecular weight excluding hydrogens is 208 g/mol. The molecule has 1 aliphatic heterocycles. The summed E-state index contributed by atoms with van der Waals surface area (Å²) in [7, 11) is 0. The number of benzene rings is 1. The zero-order chi connectivity index (χ0) is 11.1. The van der Waals surface area contributed by atoms with Crippen molar-refractivity contribution in [2.75, 3.05) is 0 Å². The van der Waals surface area contributed by atoms with Crippen LogP contribution in [0.25, 0.3) is 5.69 Å². The second-order valence-electron chi connectivity index (χ2n) is 3.46. The minimum Gasteiger partial charge on any atom is -0.483 e. The molecule has 0 aliphatic carbocycles. The first-order valence-electron chi connectivity index (χ1n) is 4.79. The van der Waals surface area contributed by atoms with Crippen molar-refractivity contribution < 1.29 is 14.6 Å². The maximum Gasteiger partial charge on any atom is 0.354 e. The molecule has 0 atom stereocenters. The number of fused-ring (bicyclic) bond motifs is 3. The molecule has 1 aromatic heterocycles. The quantitative estimate of drug-likeness (QED) is 0.783. The summed E-state index contributed by atoms with van der Waals surface area (Å²) in [4.78, 5) is 15.1. The van der Waals surface area contributed by atoms with Crippen LogP contribution >= 0.6 is 0 Å². The predicted octanol–water partition coefficient (Wildman–Crippen LogP) is 1.46. The average Bonchev–Trinajstić information content (AvgIpc) is 2.73. The second kappa shape index (κ2) is 3.10. The maximum absolute atomic E-state index is 11.0. The van der Waals surface area contributed by atoms with Crippen LogP contribution in [0.2, 0.25) is 0 Å². The van der Waals surface area contributed by atoms with Crippen LogP contribution < -0.4 is 4.74 Å². The number of para-hydroxylation sites is 2. The van der Waals surface area contributed by atoms with Gasteiger partial charge in [-0.3, -0.25) is 4.57 Å². The Kier molecular flexibility index (Phi) is 1.73. The molecule has 3 rings (SSSR count). The van der Waals surface area contributed by atoms with E-state index in [1.165, 1.54) is 6.20 Å². The molecule has 1 N–H and O–H groups in total. The van der Waals surface area contributed by atoms with Gasteiger partial charge in [0, 0.05) is 0 Å². The summed E-state index contributed by atoms with van der Waals surface area (Å²) >= 11 is 0.